The normalized spacial score (nSPS) is 17.6. The molecular weight excluding hydrogens is 340 g/mol. The van der Waals surface area contributed by atoms with Gasteiger partial charge in [0.05, 0.1) is 24.6 Å². The molecule has 0 saturated carbocycles. The number of anilines is 3. The van der Waals surface area contributed by atoms with E-state index >= 15 is 0 Å². The lowest BCUT2D eigenvalue weighted by molar-refractivity contribution is 0.0724. The Morgan fingerprint density at radius 1 is 1.00 bits per heavy atom. The molecule has 27 heavy (non-hydrogen) atoms. The zero-order valence-electron chi connectivity index (χ0n) is 15.6. The molecule has 6 nitrogen and oxygen atoms in total. The van der Waals surface area contributed by atoms with Gasteiger partial charge in [0.1, 0.15) is 5.82 Å². The summed E-state index contributed by atoms with van der Waals surface area (Å²) in [4.78, 5) is 21.5. The lowest BCUT2D eigenvalue weighted by atomic mass is 10.1. The van der Waals surface area contributed by atoms with Crippen LogP contribution in [-0.4, -0.2) is 55.2 Å². The molecule has 2 fully saturated rings. The summed E-state index contributed by atoms with van der Waals surface area (Å²) < 4.78 is 5.46. The predicted molar refractivity (Wildman–Crippen MR) is 107 cm³/mol. The average Bonchev–Trinajstić information content (AvgIpc) is 2.75. The Morgan fingerprint density at radius 3 is 2.59 bits per heavy atom. The number of amides is 1. The number of aromatic nitrogens is 1. The Balaban J connectivity index is 1.52. The molecule has 0 radical (unpaired) electrons. The van der Waals surface area contributed by atoms with Gasteiger partial charge < -0.3 is 19.9 Å². The molecule has 1 aromatic heterocycles. The fourth-order valence-electron chi connectivity index (χ4n) is 3.71. The van der Waals surface area contributed by atoms with Crippen LogP contribution < -0.4 is 10.2 Å². The van der Waals surface area contributed by atoms with E-state index in [1.807, 2.05) is 29.2 Å². The van der Waals surface area contributed by atoms with E-state index in [1.165, 1.54) is 6.42 Å². The summed E-state index contributed by atoms with van der Waals surface area (Å²) in [6.45, 7) is 4.94. The van der Waals surface area contributed by atoms with Crippen LogP contribution >= 0.6 is 0 Å². The molecule has 0 bridgehead atoms. The van der Waals surface area contributed by atoms with Crippen molar-refractivity contribution in [3.63, 3.8) is 0 Å². The monoisotopic (exact) mass is 366 g/mol. The third kappa shape index (κ3) is 4.22. The van der Waals surface area contributed by atoms with Crippen molar-refractivity contribution >= 4 is 23.1 Å². The maximum absolute atomic E-state index is 12.8. The van der Waals surface area contributed by atoms with Crippen LogP contribution in [0.5, 0.6) is 0 Å². The van der Waals surface area contributed by atoms with Crippen molar-refractivity contribution < 1.29 is 9.53 Å². The summed E-state index contributed by atoms with van der Waals surface area (Å²) >= 11 is 0. The molecule has 2 aliphatic rings. The zero-order valence-corrected chi connectivity index (χ0v) is 15.6. The molecule has 2 aromatic rings. The lowest BCUT2D eigenvalue weighted by Crippen LogP contribution is -2.36. The molecule has 2 aliphatic heterocycles. The highest BCUT2D eigenvalue weighted by Gasteiger charge is 2.19. The first-order valence-corrected chi connectivity index (χ1v) is 9.75. The van der Waals surface area contributed by atoms with Gasteiger partial charge in [0, 0.05) is 37.9 Å². The van der Waals surface area contributed by atoms with Crippen molar-refractivity contribution in [3.05, 3.63) is 48.2 Å². The SMILES string of the molecule is O=C(c1ccnc(Nc2ccccc2N2CCOCC2)c1)N1CCCCC1. The Kier molecular flexibility index (Phi) is 5.53. The molecular formula is C21H26N4O2. The van der Waals surface area contributed by atoms with Crippen molar-refractivity contribution in [2.75, 3.05) is 49.6 Å². The molecule has 3 heterocycles. The van der Waals surface area contributed by atoms with E-state index in [1.54, 1.807) is 12.3 Å². The summed E-state index contributed by atoms with van der Waals surface area (Å²) in [5, 5.41) is 3.40. The molecule has 1 N–H and O–H groups in total. The molecule has 4 rings (SSSR count). The van der Waals surface area contributed by atoms with Crippen LogP contribution in [0.15, 0.2) is 42.6 Å². The number of nitrogens with one attached hydrogen (secondary N) is 1. The number of para-hydroxylation sites is 2. The van der Waals surface area contributed by atoms with Gasteiger partial charge in [0.15, 0.2) is 0 Å². The fraction of sp³-hybridized carbons (Fsp3) is 0.429. The minimum Gasteiger partial charge on any atom is -0.378 e. The van der Waals surface area contributed by atoms with Gasteiger partial charge in [-0.1, -0.05) is 12.1 Å². The second-order valence-corrected chi connectivity index (χ2v) is 7.02. The van der Waals surface area contributed by atoms with E-state index in [-0.39, 0.29) is 5.91 Å². The number of benzene rings is 1. The third-order valence-corrected chi connectivity index (χ3v) is 5.17. The molecule has 0 unspecified atom stereocenters. The summed E-state index contributed by atoms with van der Waals surface area (Å²) in [5.74, 6) is 0.792. The lowest BCUT2D eigenvalue weighted by Gasteiger charge is -2.30. The maximum atomic E-state index is 12.8. The number of pyridine rings is 1. The smallest absolute Gasteiger partial charge is 0.254 e. The highest BCUT2D eigenvalue weighted by molar-refractivity contribution is 5.95. The molecule has 142 valence electrons. The minimum atomic E-state index is 0.0987. The minimum absolute atomic E-state index is 0.0987. The fourth-order valence-corrected chi connectivity index (χ4v) is 3.71. The van der Waals surface area contributed by atoms with Crippen LogP contribution in [0.4, 0.5) is 17.2 Å². The van der Waals surface area contributed by atoms with Crippen LogP contribution in [-0.2, 0) is 4.74 Å². The van der Waals surface area contributed by atoms with Gasteiger partial charge in [0.2, 0.25) is 0 Å². The maximum Gasteiger partial charge on any atom is 0.254 e. The van der Waals surface area contributed by atoms with Gasteiger partial charge in [-0.3, -0.25) is 4.79 Å². The van der Waals surface area contributed by atoms with E-state index in [9.17, 15) is 4.79 Å². The van der Waals surface area contributed by atoms with Gasteiger partial charge in [-0.15, -0.1) is 0 Å². The van der Waals surface area contributed by atoms with Gasteiger partial charge >= 0.3 is 0 Å². The zero-order chi connectivity index (χ0) is 18.5. The Morgan fingerprint density at radius 2 is 1.78 bits per heavy atom. The van der Waals surface area contributed by atoms with Crippen LogP contribution in [0.1, 0.15) is 29.6 Å². The highest BCUT2D eigenvalue weighted by atomic mass is 16.5. The second kappa shape index (κ2) is 8.39. The summed E-state index contributed by atoms with van der Waals surface area (Å²) in [6.07, 6.45) is 5.10. The summed E-state index contributed by atoms with van der Waals surface area (Å²) in [7, 11) is 0. The van der Waals surface area contributed by atoms with Crippen LogP contribution in [0.2, 0.25) is 0 Å². The Labute approximate surface area is 160 Å². The largest absolute Gasteiger partial charge is 0.378 e. The highest BCUT2D eigenvalue weighted by Crippen LogP contribution is 2.29. The third-order valence-electron chi connectivity index (χ3n) is 5.17. The Hall–Kier alpha value is -2.60. The predicted octanol–water partition coefficient (Wildman–Crippen LogP) is 3.29. The van der Waals surface area contributed by atoms with Crippen molar-refractivity contribution in [1.82, 2.24) is 9.88 Å². The number of nitrogens with zero attached hydrogens (tertiary/aromatic N) is 3. The number of ether oxygens (including phenoxy) is 1. The quantitative estimate of drug-likeness (QED) is 0.900. The number of hydrogen-bond acceptors (Lipinski definition) is 5. The molecule has 1 amide bonds. The first-order chi connectivity index (χ1) is 13.3. The van der Waals surface area contributed by atoms with Crippen molar-refractivity contribution in [2.45, 2.75) is 19.3 Å². The molecule has 0 aliphatic carbocycles. The van der Waals surface area contributed by atoms with E-state index in [0.717, 1.165) is 63.6 Å². The second-order valence-electron chi connectivity index (χ2n) is 7.02. The molecule has 6 heteroatoms. The molecule has 1 aromatic carbocycles. The van der Waals surface area contributed by atoms with Gasteiger partial charge in [-0.25, -0.2) is 4.98 Å². The van der Waals surface area contributed by atoms with E-state index in [2.05, 4.69) is 21.3 Å². The van der Waals surface area contributed by atoms with Crippen LogP contribution in [0.3, 0.4) is 0 Å². The Bertz CT molecular complexity index is 783. The number of piperidine rings is 1. The van der Waals surface area contributed by atoms with E-state index in [0.29, 0.717) is 11.4 Å². The number of carbonyl (C=O) groups is 1. The van der Waals surface area contributed by atoms with Crippen molar-refractivity contribution in [2.24, 2.45) is 0 Å². The molecule has 0 atom stereocenters. The van der Waals surface area contributed by atoms with E-state index in [4.69, 9.17) is 4.74 Å². The number of carbonyl (C=O) groups excluding carboxylic acids is 1. The van der Waals surface area contributed by atoms with Crippen LogP contribution in [0, 0.1) is 0 Å². The van der Waals surface area contributed by atoms with E-state index < -0.39 is 0 Å². The average molecular weight is 366 g/mol. The molecule has 0 spiro atoms. The number of likely N-dealkylation sites (tertiary alicyclic amines) is 1. The summed E-state index contributed by atoms with van der Waals surface area (Å²) in [5.41, 5.74) is 2.82. The molecule has 2 saturated heterocycles. The van der Waals surface area contributed by atoms with Gasteiger partial charge in [0.25, 0.3) is 5.91 Å². The first-order valence-electron chi connectivity index (χ1n) is 9.75. The number of rotatable bonds is 4. The topological polar surface area (TPSA) is 57.7 Å². The van der Waals surface area contributed by atoms with Crippen molar-refractivity contribution in [3.8, 4) is 0 Å². The first kappa shape index (κ1) is 17.8. The van der Waals surface area contributed by atoms with Crippen molar-refractivity contribution in [1.29, 1.82) is 0 Å². The standard InChI is InChI=1S/C21H26N4O2/c26-21(25-10-4-1-5-11-25)17-8-9-22-20(16-17)23-18-6-2-3-7-19(18)24-12-14-27-15-13-24/h2-3,6-9,16H,1,4-5,10-15H2,(H,22,23). The van der Waals surface area contributed by atoms with Crippen LogP contribution in [0.25, 0.3) is 0 Å². The number of hydrogen-bond donors (Lipinski definition) is 1. The number of morpholine rings is 1. The van der Waals surface area contributed by atoms with Gasteiger partial charge in [-0.05, 0) is 43.5 Å². The van der Waals surface area contributed by atoms with Gasteiger partial charge in [-0.2, -0.15) is 0 Å². The summed E-state index contributed by atoms with van der Waals surface area (Å²) in [6, 6.07) is 11.9.